The molecule has 0 unspecified atom stereocenters. The molecule has 0 N–H and O–H groups in total. The van der Waals surface area contributed by atoms with Crippen molar-refractivity contribution in [3.63, 3.8) is 0 Å². The molecule has 0 aromatic heterocycles. The molecule has 0 radical (unpaired) electrons. The van der Waals surface area contributed by atoms with Gasteiger partial charge in [0.15, 0.2) is 12.6 Å². The zero-order valence-electron chi connectivity index (χ0n) is 14.7. The van der Waals surface area contributed by atoms with Crippen molar-refractivity contribution in [2.24, 2.45) is 11.8 Å². The maximum Gasteiger partial charge on any atom is 0.183 e. The average molecular weight is 334 g/mol. The van der Waals surface area contributed by atoms with Crippen LogP contribution in [0.1, 0.15) is 50.9 Å². The third-order valence-electron chi connectivity index (χ3n) is 4.85. The zero-order valence-corrected chi connectivity index (χ0v) is 14.7. The largest absolute Gasteiger partial charge is 0.352 e. The van der Waals surface area contributed by atoms with Crippen molar-refractivity contribution in [2.75, 3.05) is 26.4 Å². The number of rotatable bonds is 7. The molecule has 1 aromatic carbocycles. The van der Waals surface area contributed by atoms with Crippen LogP contribution in [0.15, 0.2) is 30.3 Å². The third-order valence-corrected chi connectivity index (χ3v) is 4.85. The number of hydrogen-bond acceptors (Lipinski definition) is 4. The number of ether oxygens (including phenoxy) is 4. The molecule has 0 spiro atoms. The van der Waals surface area contributed by atoms with E-state index in [-0.39, 0.29) is 12.6 Å². The second-order valence-electron chi connectivity index (χ2n) is 6.96. The fraction of sp³-hybridized carbons (Fsp3) is 0.700. The highest BCUT2D eigenvalue weighted by molar-refractivity contribution is 5.16. The molecule has 1 aromatic rings. The van der Waals surface area contributed by atoms with Crippen molar-refractivity contribution in [3.05, 3.63) is 35.9 Å². The molecule has 3 rings (SSSR count). The molecule has 0 saturated carbocycles. The van der Waals surface area contributed by atoms with E-state index in [9.17, 15) is 0 Å². The molecule has 2 aliphatic rings. The lowest BCUT2D eigenvalue weighted by Crippen LogP contribution is -2.33. The van der Waals surface area contributed by atoms with Crippen LogP contribution >= 0.6 is 0 Å². The van der Waals surface area contributed by atoms with Crippen molar-refractivity contribution >= 4 is 0 Å². The van der Waals surface area contributed by atoms with Gasteiger partial charge in [-0.2, -0.15) is 0 Å². The van der Waals surface area contributed by atoms with Gasteiger partial charge in [0.25, 0.3) is 0 Å². The topological polar surface area (TPSA) is 36.9 Å². The Kier molecular flexibility index (Phi) is 7.09. The predicted molar refractivity (Wildman–Crippen MR) is 92.5 cm³/mol. The second kappa shape index (κ2) is 9.52. The molecule has 0 bridgehead atoms. The fourth-order valence-corrected chi connectivity index (χ4v) is 3.29. The number of benzene rings is 1. The summed E-state index contributed by atoms with van der Waals surface area (Å²) in [5.74, 6) is 1.00. The third kappa shape index (κ3) is 5.28. The highest BCUT2D eigenvalue weighted by Gasteiger charge is 2.26. The quantitative estimate of drug-likeness (QED) is 0.745. The first kappa shape index (κ1) is 17.9. The van der Waals surface area contributed by atoms with E-state index in [1.807, 2.05) is 30.3 Å². The van der Waals surface area contributed by atoms with Gasteiger partial charge in [0.05, 0.1) is 26.4 Å². The van der Waals surface area contributed by atoms with E-state index in [0.29, 0.717) is 11.8 Å². The fourth-order valence-electron chi connectivity index (χ4n) is 3.29. The average Bonchev–Trinajstić information content (AvgIpc) is 2.67. The number of unbranched alkanes of at least 4 members (excludes halogenated alkanes) is 1. The molecular formula is C20H30O4. The Morgan fingerprint density at radius 1 is 0.792 bits per heavy atom. The summed E-state index contributed by atoms with van der Waals surface area (Å²) in [6.07, 6.45) is 5.40. The minimum atomic E-state index is -0.219. The van der Waals surface area contributed by atoms with Gasteiger partial charge in [-0.3, -0.25) is 0 Å². The highest BCUT2D eigenvalue weighted by Crippen LogP contribution is 2.28. The van der Waals surface area contributed by atoms with Crippen LogP contribution in [0.3, 0.4) is 0 Å². The smallest absolute Gasteiger partial charge is 0.183 e. The van der Waals surface area contributed by atoms with Crippen LogP contribution in [0.4, 0.5) is 0 Å². The van der Waals surface area contributed by atoms with Gasteiger partial charge in [0.1, 0.15) is 0 Å². The molecule has 4 nitrogen and oxygen atoms in total. The SMILES string of the molecule is CCCCC1COC(CCC2COC(c3ccccc3)OC2)OC1. The lowest BCUT2D eigenvalue weighted by atomic mass is 10.0. The molecule has 0 atom stereocenters. The van der Waals surface area contributed by atoms with E-state index in [2.05, 4.69) is 6.92 Å². The maximum absolute atomic E-state index is 5.87. The predicted octanol–water partition coefficient (Wildman–Crippen LogP) is 4.31. The van der Waals surface area contributed by atoms with Gasteiger partial charge in [-0.25, -0.2) is 0 Å². The van der Waals surface area contributed by atoms with E-state index in [1.165, 1.54) is 19.3 Å². The molecule has 2 aliphatic heterocycles. The first-order chi connectivity index (χ1) is 11.8. The molecule has 24 heavy (non-hydrogen) atoms. The lowest BCUT2D eigenvalue weighted by Gasteiger charge is -2.32. The van der Waals surface area contributed by atoms with Crippen molar-refractivity contribution in [3.8, 4) is 0 Å². The first-order valence-corrected chi connectivity index (χ1v) is 9.36. The maximum atomic E-state index is 5.87. The van der Waals surface area contributed by atoms with Crippen LogP contribution in [0.5, 0.6) is 0 Å². The van der Waals surface area contributed by atoms with Crippen LogP contribution in [0, 0.1) is 11.8 Å². The molecule has 2 fully saturated rings. The minimum Gasteiger partial charge on any atom is -0.352 e. The summed E-state index contributed by atoms with van der Waals surface area (Å²) in [6.45, 7) is 5.40. The zero-order chi connectivity index (χ0) is 16.6. The summed E-state index contributed by atoms with van der Waals surface area (Å²) in [5, 5.41) is 0. The van der Waals surface area contributed by atoms with Gasteiger partial charge in [0, 0.05) is 17.4 Å². The van der Waals surface area contributed by atoms with Gasteiger partial charge in [-0.1, -0.05) is 50.1 Å². The highest BCUT2D eigenvalue weighted by atomic mass is 16.7. The van der Waals surface area contributed by atoms with Gasteiger partial charge >= 0.3 is 0 Å². The molecule has 4 heteroatoms. The van der Waals surface area contributed by atoms with Crippen molar-refractivity contribution in [1.29, 1.82) is 0 Å². The van der Waals surface area contributed by atoms with Gasteiger partial charge in [0.2, 0.25) is 0 Å². The molecule has 0 aliphatic carbocycles. The standard InChI is InChI=1S/C20H30O4/c1-2-3-7-16-12-21-19(22-13-16)11-10-17-14-23-20(24-15-17)18-8-5-4-6-9-18/h4-6,8-9,16-17,19-20H,2-3,7,10-15H2,1H3. The van der Waals surface area contributed by atoms with Crippen molar-refractivity contribution in [1.82, 2.24) is 0 Å². The van der Waals surface area contributed by atoms with E-state index in [0.717, 1.165) is 44.8 Å². The van der Waals surface area contributed by atoms with Gasteiger partial charge < -0.3 is 18.9 Å². The van der Waals surface area contributed by atoms with Gasteiger partial charge in [-0.05, 0) is 19.3 Å². The van der Waals surface area contributed by atoms with Crippen molar-refractivity contribution in [2.45, 2.75) is 51.6 Å². The number of hydrogen-bond donors (Lipinski definition) is 0. The molecular weight excluding hydrogens is 304 g/mol. The molecule has 2 heterocycles. The molecule has 134 valence electrons. The van der Waals surface area contributed by atoms with Crippen LogP contribution in [0.2, 0.25) is 0 Å². The lowest BCUT2D eigenvalue weighted by molar-refractivity contribution is -0.220. The Morgan fingerprint density at radius 3 is 2.08 bits per heavy atom. The first-order valence-electron chi connectivity index (χ1n) is 9.36. The van der Waals surface area contributed by atoms with Crippen LogP contribution < -0.4 is 0 Å². The summed E-state index contributed by atoms with van der Waals surface area (Å²) < 4.78 is 23.5. The Bertz CT molecular complexity index is 448. The van der Waals surface area contributed by atoms with E-state index >= 15 is 0 Å². The normalized spacial score (nSPS) is 31.0. The molecule has 0 amide bonds. The Balaban J connectivity index is 1.31. The Hall–Kier alpha value is -0.940. The summed E-state index contributed by atoms with van der Waals surface area (Å²) >= 11 is 0. The second-order valence-corrected chi connectivity index (χ2v) is 6.96. The Labute approximate surface area is 145 Å². The van der Waals surface area contributed by atoms with Crippen molar-refractivity contribution < 1.29 is 18.9 Å². The van der Waals surface area contributed by atoms with E-state index < -0.39 is 0 Å². The van der Waals surface area contributed by atoms with Crippen LogP contribution in [0.25, 0.3) is 0 Å². The summed E-state index contributed by atoms with van der Waals surface area (Å²) in [6, 6.07) is 10.1. The molecule has 2 saturated heterocycles. The summed E-state index contributed by atoms with van der Waals surface area (Å²) in [4.78, 5) is 0. The van der Waals surface area contributed by atoms with E-state index in [4.69, 9.17) is 18.9 Å². The minimum absolute atomic E-state index is 0.0466. The Morgan fingerprint density at radius 2 is 1.42 bits per heavy atom. The summed E-state index contributed by atoms with van der Waals surface area (Å²) in [5.41, 5.74) is 1.09. The van der Waals surface area contributed by atoms with E-state index in [1.54, 1.807) is 0 Å². The summed E-state index contributed by atoms with van der Waals surface area (Å²) in [7, 11) is 0. The van der Waals surface area contributed by atoms with Crippen LogP contribution in [-0.4, -0.2) is 32.7 Å². The monoisotopic (exact) mass is 334 g/mol. The van der Waals surface area contributed by atoms with Crippen LogP contribution in [-0.2, 0) is 18.9 Å². The van der Waals surface area contributed by atoms with Gasteiger partial charge in [-0.15, -0.1) is 0 Å².